The molecule has 0 radical (unpaired) electrons. The number of benzene rings is 11. The van der Waals surface area contributed by atoms with Crippen LogP contribution < -0.4 is 0 Å². The van der Waals surface area contributed by atoms with Gasteiger partial charge < -0.3 is 0 Å². The van der Waals surface area contributed by atoms with Gasteiger partial charge in [-0.2, -0.15) is 0 Å². The molecule has 3 aliphatic rings. The average molecular weight is 1300 g/mol. The largest absolute Gasteiger partial charge is 0.249 e. The lowest BCUT2D eigenvalue weighted by Gasteiger charge is -2.30. The fraction of sp³-hybridized carbons (Fsp3) is 0.195. The third kappa shape index (κ3) is 12.1. The predicted molar refractivity (Wildman–Crippen MR) is 374 cm³/mol. The Balaban J connectivity index is 0.000000135. The van der Waals surface area contributed by atoms with Crippen LogP contribution in [0.4, 0.5) is 0 Å². The SMILES string of the molecule is CC(C)(c1ccccc1)c1ccc2c(c1)S(=O)(=O)c1cc(C(C)(C)c3ccccc3)ccc1C2.CC(C)(c1ccccc1)c1ccc2c(c1)S(=O)c1cc(C(C)(C)c3ccccc3)ccc1C2.Cc1ccc(S(=O)(=O)c2ccc3c(c2)S(=O)(=O)c2ccccc2C3)cc1. The molecule has 0 amide bonds. The number of rotatable bonds is 10. The molecular weight excluding hydrogens is 1230 g/mol. The number of aryl methyl sites for hydroxylation is 1. The summed E-state index contributed by atoms with van der Waals surface area (Å²) in [5.41, 5.74) is 14.7. The third-order valence-corrected chi connectivity index (χ3v) is 26.7. The molecule has 0 atom stereocenters. The van der Waals surface area contributed by atoms with E-state index < -0.39 is 40.3 Å². The highest BCUT2D eigenvalue weighted by Gasteiger charge is 2.36. The molecule has 0 saturated heterocycles. The Morgan fingerprint density at radius 2 is 0.591 bits per heavy atom. The number of hydrogen-bond acceptors (Lipinski definition) is 7. The van der Waals surface area contributed by atoms with Crippen LogP contribution in [-0.2, 0) is 81.2 Å². The minimum atomic E-state index is -3.78. The first-order valence-electron chi connectivity index (χ1n) is 31.4. The van der Waals surface area contributed by atoms with Gasteiger partial charge in [-0.3, -0.25) is 0 Å². The van der Waals surface area contributed by atoms with Crippen molar-refractivity contribution in [1.29, 1.82) is 0 Å². The summed E-state index contributed by atoms with van der Waals surface area (Å²) in [5, 5.41) is 0. The van der Waals surface area contributed by atoms with Gasteiger partial charge in [0.25, 0.3) is 0 Å². The minimum Gasteiger partial charge on any atom is -0.249 e. The van der Waals surface area contributed by atoms with Crippen molar-refractivity contribution in [3.05, 3.63) is 344 Å². The highest BCUT2D eigenvalue weighted by atomic mass is 32.2. The number of sulfone groups is 3. The van der Waals surface area contributed by atoms with E-state index in [2.05, 4.69) is 177 Å². The van der Waals surface area contributed by atoms with Gasteiger partial charge in [0.05, 0.1) is 40.2 Å². The van der Waals surface area contributed by atoms with E-state index in [-0.39, 0.29) is 41.2 Å². The Morgan fingerprint density at radius 3 is 0.989 bits per heavy atom. The molecule has 11 aromatic rings. The van der Waals surface area contributed by atoms with Crippen LogP contribution in [0.15, 0.2) is 300 Å². The Bertz CT molecular complexity index is 4830. The van der Waals surface area contributed by atoms with Gasteiger partial charge in [-0.15, -0.1) is 0 Å². The van der Waals surface area contributed by atoms with Gasteiger partial charge in [0, 0.05) is 44.3 Å². The molecule has 0 saturated carbocycles. The van der Waals surface area contributed by atoms with Gasteiger partial charge in [-0.1, -0.05) is 267 Å². The van der Waals surface area contributed by atoms with E-state index in [0.29, 0.717) is 28.2 Å². The van der Waals surface area contributed by atoms with E-state index in [1.807, 2.05) is 79.7 Å². The molecule has 11 heteroatoms. The summed E-state index contributed by atoms with van der Waals surface area (Å²) in [6, 6.07) is 84.4. The lowest BCUT2D eigenvalue weighted by atomic mass is 9.77. The van der Waals surface area contributed by atoms with Crippen molar-refractivity contribution in [1.82, 2.24) is 0 Å². The van der Waals surface area contributed by atoms with E-state index in [1.165, 1.54) is 57.6 Å². The zero-order chi connectivity index (χ0) is 65.9. The molecule has 93 heavy (non-hydrogen) atoms. The number of hydrogen-bond donors (Lipinski definition) is 0. The van der Waals surface area contributed by atoms with Crippen molar-refractivity contribution in [3.8, 4) is 0 Å². The van der Waals surface area contributed by atoms with Gasteiger partial charge in [0.1, 0.15) is 0 Å². The van der Waals surface area contributed by atoms with Crippen molar-refractivity contribution < 1.29 is 29.5 Å². The summed E-state index contributed by atoms with van der Waals surface area (Å²) in [5.74, 6) is 0. The first-order valence-corrected chi connectivity index (χ1v) is 37.0. The topological polar surface area (TPSA) is 119 Å². The average Bonchev–Trinajstić information content (AvgIpc) is 0.751. The smallest absolute Gasteiger partial charge is 0.207 e. The first-order chi connectivity index (χ1) is 44.2. The zero-order valence-corrected chi connectivity index (χ0v) is 57.2. The second kappa shape index (κ2) is 24.7. The summed E-state index contributed by atoms with van der Waals surface area (Å²) in [6.45, 7) is 19.4. The van der Waals surface area contributed by atoms with Crippen LogP contribution in [0.2, 0.25) is 0 Å². The maximum atomic E-state index is 13.9. The minimum absolute atomic E-state index is 0.0111. The maximum absolute atomic E-state index is 13.9. The molecule has 0 N–H and O–H groups in total. The molecule has 3 heterocycles. The molecule has 0 aliphatic carbocycles. The second-order valence-corrected chi connectivity index (χ2v) is 33.9. The van der Waals surface area contributed by atoms with Crippen molar-refractivity contribution in [2.24, 2.45) is 0 Å². The Hall–Kier alpha value is -8.58. The molecule has 0 bridgehead atoms. The Morgan fingerprint density at radius 1 is 0.301 bits per heavy atom. The quantitative estimate of drug-likeness (QED) is 0.134. The van der Waals surface area contributed by atoms with Crippen molar-refractivity contribution in [2.75, 3.05) is 0 Å². The van der Waals surface area contributed by atoms with Crippen LogP contribution in [0.3, 0.4) is 0 Å². The molecule has 0 aromatic heterocycles. The van der Waals surface area contributed by atoms with Crippen LogP contribution in [0.1, 0.15) is 139 Å². The molecule has 7 nitrogen and oxygen atoms in total. The molecule has 470 valence electrons. The van der Waals surface area contributed by atoms with E-state index >= 15 is 0 Å². The summed E-state index contributed by atoms with van der Waals surface area (Å²) in [4.78, 5) is 3.26. The molecule has 0 spiro atoms. The Kier molecular flexibility index (Phi) is 17.1. The third-order valence-electron chi connectivity index (χ3n) is 19.5. The molecule has 14 rings (SSSR count). The summed E-state index contributed by atoms with van der Waals surface area (Å²) in [6.07, 6.45) is 1.92. The van der Waals surface area contributed by atoms with E-state index in [0.717, 1.165) is 60.7 Å². The van der Waals surface area contributed by atoms with Gasteiger partial charge >= 0.3 is 0 Å². The van der Waals surface area contributed by atoms with Gasteiger partial charge in [0.15, 0.2) is 0 Å². The molecule has 0 unspecified atom stereocenters. The molecule has 3 aliphatic heterocycles. The highest BCUT2D eigenvalue weighted by Crippen LogP contribution is 2.44. The first kappa shape index (κ1) is 64.5. The second-order valence-electron chi connectivity index (χ2n) is 26.8. The van der Waals surface area contributed by atoms with E-state index in [9.17, 15) is 29.5 Å². The standard InChI is InChI=1S/C31H30O2S.C31H30OS.C20H16O4S2/c1-30(2,24-11-7-5-8-12-24)26-17-15-22-19-23-16-18-27(21-29(23)34(32,33)28(22)20-26)31(3,4)25-13-9-6-10-14-25;1-30(2,24-11-7-5-8-12-24)26-17-15-22-19-23-16-18-27(21-29(23)33(32)28(22)20-26)31(3,4)25-13-9-6-10-14-25;1-14-6-9-17(10-7-14)25(21,22)18-11-8-16-12-15-4-2-3-5-19(15)26(23,24)20(16)13-18/h5-18,20-21H,19H2,1-4H3;5-18,20-21H,19H2,1-4H3;2-11,13H,12H2,1H3. The van der Waals surface area contributed by atoms with E-state index in [1.54, 1.807) is 42.5 Å². The summed E-state index contributed by atoms with van der Waals surface area (Å²) < 4.78 is 93.4. The number of fused-ring (bicyclic) bond motifs is 6. The lowest BCUT2D eigenvalue weighted by molar-refractivity contribution is 0.586. The predicted octanol–water partition coefficient (Wildman–Crippen LogP) is 18.0. The van der Waals surface area contributed by atoms with Crippen molar-refractivity contribution in [3.63, 3.8) is 0 Å². The van der Waals surface area contributed by atoms with E-state index in [4.69, 9.17) is 0 Å². The van der Waals surface area contributed by atoms with Crippen molar-refractivity contribution in [2.45, 2.75) is 142 Å². The normalized spacial score (nSPS) is 14.6. The summed E-state index contributed by atoms with van der Waals surface area (Å²) >= 11 is 0. The van der Waals surface area contributed by atoms with Gasteiger partial charge in [-0.05, 0) is 146 Å². The van der Waals surface area contributed by atoms with Crippen molar-refractivity contribution >= 4 is 40.3 Å². The lowest BCUT2D eigenvalue weighted by Crippen LogP contribution is -2.23. The van der Waals surface area contributed by atoms with Gasteiger partial charge in [-0.25, -0.2) is 29.5 Å². The highest BCUT2D eigenvalue weighted by molar-refractivity contribution is 7.92. The monoisotopic (exact) mass is 1300 g/mol. The molecule has 11 aromatic carbocycles. The molecule has 0 fully saturated rings. The summed E-state index contributed by atoms with van der Waals surface area (Å²) in [7, 11) is -12.3. The maximum Gasteiger partial charge on any atom is 0.207 e. The zero-order valence-electron chi connectivity index (χ0n) is 53.9. The van der Waals surface area contributed by atoms with Crippen LogP contribution in [0, 0.1) is 6.92 Å². The van der Waals surface area contributed by atoms with Gasteiger partial charge in [0.2, 0.25) is 29.5 Å². The van der Waals surface area contributed by atoms with Crippen LogP contribution in [0.25, 0.3) is 0 Å². The van der Waals surface area contributed by atoms with Crippen LogP contribution in [-0.4, -0.2) is 29.5 Å². The fourth-order valence-corrected chi connectivity index (χ4v) is 19.5. The van der Waals surface area contributed by atoms with Crippen LogP contribution in [0.5, 0.6) is 0 Å². The Labute approximate surface area is 552 Å². The molecular formula is C82H76O7S4. The van der Waals surface area contributed by atoms with Crippen LogP contribution >= 0.6 is 0 Å². The fourth-order valence-electron chi connectivity index (χ4n) is 13.1.